The summed E-state index contributed by atoms with van der Waals surface area (Å²) < 4.78 is 33.4. The predicted octanol–water partition coefficient (Wildman–Crippen LogP) is 4.14. The summed E-state index contributed by atoms with van der Waals surface area (Å²) in [5.41, 5.74) is -7.24. The van der Waals surface area contributed by atoms with Crippen molar-refractivity contribution in [3.63, 3.8) is 0 Å². The lowest BCUT2D eigenvalue weighted by Crippen LogP contribution is -2.80. The predicted molar refractivity (Wildman–Crippen MR) is 218 cm³/mol. The number of ether oxygens (including phenoxy) is 4. The van der Waals surface area contributed by atoms with Gasteiger partial charge in [0.25, 0.3) is 0 Å². The number of aliphatic hydroxyl groups excluding tert-OH is 3. The van der Waals surface area contributed by atoms with Crippen molar-refractivity contribution in [3.8, 4) is 0 Å². The van der Waals surface area contributed by atoms with Crippen LogP contribution in [0.4, 0.5) is 0 Å². The van der Waals surface area contributed by atoms with Gasteiger partial charge in [-0.2, -0.15) is 0 Å². The minimum absolute atomic E-state index is 0.0185. The Hall–Kier alpha value is -3.07. The van der Waals surface area contributed by atoms with Crippen LogP contribution in [0.1, 0.15) is 102 Å². The first-order valence-electron chi connectivity index (χ1n) is 23.9. The van der Waals surface area contributed by atoms with Gasteiger partial charge in [0, 0.05) is 42.0 Å². The molecule has 62 heavy (non-hydrogen) atoms. The molecule has 1 aromatic heterocycles. The molecule has 7 heterocycles. The van der Waals surface area contributed by atoms with E-state index in [1.807, 2.05) is 32.1 Å². The number of esters is 2. The molecule has 19 atom stereocenters. The number of hydrogen-bond acceptors (Lipinski definition) is 13. The molecule has 5 saturated carbocycles. The van der Waals surface area contributed by atoms with Crippen LogP contribution in [0.5, 0.6) is 0 Å². The molecular formula is C49H62N2O11. The molecule has 5 saturated heterocycles. The van der Waals surface area contributed by atoms with Crippen LogP contribution in [0.3, 0.4) is 0 Å². The number of Topliss-reactive ketones (excluding diaryl/α,β-unsaturated/α-hetero) is 1. The molecule has 13 heteroatoms. The van der Waals surface area contributed by atoms with Crippen LogP contribution in [0.15, 0.2) is 41.2 Å². The number of fused-ring (bicyclic) bond motifs is 7. The van der Waals surface area contributed by atoms with Gasteiger partial charge in [-0.25, -0.2) is 4.79 Å². The zero-order valence-corrected chi connectivity index (χ0v) is 36.1. The zero-order valence-electron chi connectivity index (χ0n) is 36.1. The third kappa shape index (κ3) is 4.20. The maximum absolute atomic E-state index is 15.6. The highest BCUT2D eigenvalue weighted by Gasteiger charge is 2.95. The van der Waals surface area contributed by atoms with Crippen molar-refractivity contribution in [2.45, 2.75) is 139 Å². The molecule has 5 spiro atoms. The first-order chi connectivity index (χ1) is 29.7. The van der Waals surface area contributed by atoms with Crippen LogP contribution in [-0.2, 0) is 39.8 Å². The highest BCUT2D eigenvalue weighted by Crippen LogP contribution is 2.85. The zero-order chi connectivity index (χ0) is 42.6. The van der Waals surface area contributed by atoms with E-state index in [0.717, 1.165) is 44.5 Å². The van der Waals surface area contributed by atoms with E-state index in [9.17, 15) is 24.9 Å². The Bertz CT molecular complexity index is 2200. The van der Waals surface area contributed by atoms with Gasteiger partial charge in [0.1, 0.15) is 30.2 Å². The lowest BCUT2D eigenvalue weighted by Gasteiger charge is -2.69. The number of cyclic esters (lactones) is 2. The number of rotatable bonds is 4. The lowest BCUT2D eigenvalue weighted by atomic mass is 9.32. The largest absolute Gasteiger partial charge is 0.469 e. The van der Waals surface area contributed by atoms with Crippen LogP contribution in [0, 0.1) is 68.5 Å². The molecule has 13 aliphatic rings. The van der Waals surface area contributed by atoms with Gasteiger partial charge >= 0.3 is 11.9 Å². The van der Waals surface area contributed by atoms with Crippen LogP contribution < -0.4 is 5.32 Å². The second kappa shape index (κ2) is 12.4. The van der Waals surface area contributed by atoms with Crippen molar-refractivity contribution in [2.75, 3.05) is 26.4 Å². The number of carbonyl (C=O) groups is 3. The number of aliphatic hydroxyl groups is 3. The van der Waals surface area contributed by atoms with Gasteiger partial charge in [-0.1, -0.05) is 25.2 Å². The second-order valence-corrected chi connectivity index (χ2v) is 22.9. The fourth-order valence-electron chi connectivity index (χ4n) is 18.4. The number of ketones is 1. The van der Waals surface area contributed by atoms with Crippen molar-refractivity contribution in [2.24, 2.45) is 68.5 Å². The minimum atomic E-state index is -1.50. The number of allylic oxidation sites excluding steroid dienone is 2. The Morgan fingerprint density at radius 3 is 2.65 bits per heavy atom. The van der Waals surface area contributed by atoms with Gasteiger partial charge in [-0.3, -0.25) is 14.9 Å². The summed E-state index contributed by atoms with van der Waals surface area (Å²) in [6, 6.07) is 2.44. The summed E-state index contributed by atoms with van der Waals surface area (Å²) in [5.74, 6) is 0.859. The molecule has 1 aromatic rings. The summed E-state index contributed by atoms with van der Waals surface area (Å²) in [6.45, 7) is 7.76. The molecule has 6 aliphatic heterocycles. The third-order valence-electron chi connectivity index (χ3n) is 20.9. The van der Waals surface area contributed by atoms with Gasteiger partial charge in [0.2, 0.25) is 0 Å². The van der Waals surface area contributed by atoms with Gasteiger partial charge in [0.05, 0.1) is 47.0 Å². The molecule has 0 radical (unpaired) electrons. The molecule has 4 N–H and O–H groups in total. The lowest BCUT2D eigenvalue weighted by molar-refractivity contribution is -0.273. The normalized spacial score (nSPS) is 54.6. The maximum atomic E-state index is 15.6. The van der Waals surface area contributed by atoms with E-state index in [1.54, 1.807) is 6.26 Å². The fraction of sp³-hybridized carbons (Fsp3) is 0.776. The molecule has 334 valence electrons. The highest BCUT2D eigenvalue weighted by molar-refractivity contribution is 5.98. The standard InChI is InChI=1S/C49H62N2O11/c1-43(2)48-12-4-11-46(36(54)37(48)55)35(47(48)23-59-42(57)45(41(47)62-43)14-7-25(20-45)22-52)8-13-44(3)38(60-40(56)39-49(44,46)61-39)28-10-16-58-34(28)19-31-29-17-27-9-15-51-24-50-21-32(51)30(27)18-26(29)5-6-33(31)53/h4,9-10,12,15-16,25-27,29-33,35-36,38-39,41,50,52-54H,5-8,11,13-14,17-24H2,1-3H3. The molecule has 14 rings (SSSR count). The van der Waals surface area contributed by atoms with Crippen molar-refractivity contribution in [1.82, 2.24) is 10.2 Å². The van der Waals surface area contributed by atoms with Crippen LogP contribution in [0.25, 0.3) is 0 Å². The second-order valence-electron chi connectivity index (χ2n) is 22.9. The van der Waals surface area contributed by atoms with E-state index in [4.69, 9.17) is 23.4 Å². The van der Waals surface area contributed by atoms with Crippen molar-refractivity contribution >= 4 is 17.7 Å². The molecule has 10 fully saturated rings. The topological polar surface area (TPSA) is 181 Å². The molecule has 7 aliphatic carbocycles. The van der Waals surface area contributed by atoms with Gasteiger partial charge in [0.15, 0.2) is 11.9 Å². The number of carbonyl (C=O) groups excluding carboxylic acids is 3. The van der Waals surface area contributed by atoms with Gasteiger partial charge in [-0.05, 0) is 132 Å². The number of nitrogens with zero attached hydrogens (tertiary/aromatic N) is 1. The Kier molecular flexibility index (Phi) is 7.88. The smallest absolute Gasteiger partial charge is 0.339 e. The Balaban J connectivity index is 0.888. The van der Waals surface area contributed by atoms with Crippen LogP contribution in [0.2, 0.25) is 0 Å². The van der Waals surface area contributed by atoms with E-state index >= 15 is 4.79 Å². The summed E-state index contributed by atoms with van der Waals surface area (Å²) in [7, 11) is 0. The average molecular weight is 855 g/mol. The minimum Gasteiger partial charge on any atom is -0.469 e. The van der Waals surface area contributed by atoms with Crippen LogP contribution >= 0.6 is 0 Å². The van der Waals surface area contributed by atoms with Crippen molar-refractivity contribution in [1.29, 1.82) is 0 Å². The Morgan fingerprint density at radius 1 is 0.968 bits per heavy atom. The monoisotopic (exact) mass is 854 g/mol. The van der Waals surface area contributed by atoms with E-state index in [1.165, 1.54) is 0 Å². The van der Waals surface area contributed by atoms with E-state index in [0.29, 0.717) is 80.4 Å². The number of nitrogens with one attached hydrogen (secondary N) is 1. The third-order valence-corrected chi connectivity index (χ3v) is 20.9. The highest BCUT2D eigenvalue weighted by atomic mass is 16.7. The SMILES string of the molecule is CC1(C)OC2C3(CCC(CO)C3)C(=O)OCC23C2CCC4(C)C(c5ccoc5CC5C(O)CCC6CC7C(C=CN8CNCC78)CC65)OC(=O)C5OC54C24CC=CC13C(=O)C4O. The van der Waals surface area contributed by atoms with E-state index in [-0.39, 0.29) is 36.8 Å². The number of hydrogen-bond donors (Lipinski definition) is 4. The number of epoxide rings is 1. The van der Waals surface area contributed by atoms with Crippen molar-refractivity contribution < 1.29 is 53.1 Å². The first-order valence-corrected chi connectivity index (χ1v) is 23.9. The molecule has 0 aromatic carbocycles. The Morgan fingerprint density at radius 2 is 1.82 bits per heavy atom. The molecule has 2 bridgehead atoms. The molecular weight excluding hydrogens is 793 g/mol. The summed E-state index contributed by atoms with van der Waals surface area (Å²) in [5, 5.41) is 38.7. The Labute approximate surface area is 362 Å². The van der Waals surface area contributed by atoms with Gasteiger partial charge in [-0.15, -0.1) is 0 Å². The van der Waals surface area contributed by atoms with E-state index in [2.05, 4.69) is 29.4 Å². The average Bonchev–Trinajstić information content (AvgIpc) is 3.54. The summed E-state index contributed by atoms with van der Waals surface area (Å²) >= 11 is 0. The van der Waals surface area contributed by atoms with Crippen LogP contribution in [-0.4, -0.2) is 106 Å². The quantitative estimate of drug-likeness (QED) is 0.193. The summed E-state index contributed by atoms with van der Waals surface area (Å²) in [4.78, 5) is 46.8. The maximum Gasteiger partial charge on any atom is 0.339 e. The fourth-order valence-corrected chi connectivity index (χ4v) is 18.4. The van der Waals surface area contributed by atoms with Gasteiger partial charge < -0.3 is 43.6 Å². The number of furan rings is 1. The molecule has 0 amide bonds. The summed E-state index contributed by atoms with van der Waals surface area (Å²) in [6.07, 6.45) is 13.2. The first kappa shape index (κ1) is 39.3. The molecule has 13 nitrogen and oxygen atoms in total. The van der Waals surface area contributed by atoms with E-state index < -0.39 is 80.7 Å². The molecule has 19 unspecified atom stereocenters. The van der Waals surface area contributed by atoms with Crippen molar-refractivity contribution in [3.05, 3.63) is 48.1 Å².